The lowest BCUT2D eigenvalue weighted by Crippen LogP contribution is -2.37. The van der Waals surface area contributed by atoms with Gasteiger partial charge in [-0.25, -0.2) is 0 Å². The fourth-order valence-electron chi connectivity index (χ4n) is 3.44. The van der Waals surface area contributed by atoms with Gasteiger partial charge in [0, 0.05) is 6.61 Å². The smallest absolute Gasteiger partial charge is 0.102 e. The number of aliphatic hydroxyl groups is 1. The Morgan fingerprint density at radius 3 is 1.45 bits per heavy atom. The van der Waals surface area contributed by atoms with Crippen LogP contribution in [-0.4, -0.2) is 83.0 Å². The first kappa shape index (κ1) is 30.8. The lowest BCUT2D eigenvalue weighted by molar-refractivity contribution is -0.870. The highest BCUT2D eigenvalue weighted by molar-refractivity contribution is 4.52. The van der Waals surface area contributed by atoms with Crippen molar-refractivity contribution in [3.63, 3.8) is 0 Å². The van der Waals surface area contributed by atoms with Crippen molar-refractivity contribution in [3.8, 4) is 0 Å². The Labute approximate surface area is 194 Å². The van der Waals surface area contributed by atoms with E-state index in [9.17, 15) is 5.11 Å². The SMILES string of the molecule is CCCCCCCCCCCCCCCCOCC(O)COCCOCC[N+](C)(C)C. The first-order chi connectivity index (χ1) is 15.0. The van der Waals surface area contributed by atoms with Crippen molar-refractivity contribution >= 4 is 0 Å². The number of unbranched alkanes of at least 4 members (excludes halogenated alkanes) is 13. The lowest BCUT2D eigenvalue weighted by Gasteiger charge is -2.23. The van der Waals surface area contributed by atoms with Crippen LogP contribution < -0.4 is 0 Å². The highest BCUT2D eigenvalue weighted by Crippen LogP contribution is 2.12. The second kappa shape index (κ2) is 23.0. The third-order valence-corrected chi connectivity index (χ3v) is 5.54. The number of hydrogen-bond acceptors (Lipinski definition) is 4. The van der Waals surface area contributed by atoms with E-state index in [0.29, 0.717) is 26.4 Å². The van der Waals surface area contributed by atoms with Crippen LogP contribution in [0.3, 0.4) is 0 Å². The standard InChI is InChI=1S/C26H56NO4/c1-5-6-7-8-9-10-11-12-13-14-15-16-17-18-20-30-24-26(28)25-31-23-22-29-21-19-27(2,3)4/h26,28H,5-25H2,1-4H3/q+1. The Bertz CT molecular complexity index is 347. The maximum Gasteiger partial charge on any atom is 0.102 e. The molecule has 0 rings (SSSR count). The second-order valence-electron chi connectivity index (χ2n) is 10.0. The molecule has 0 spiro atoms. The van der Waals surface area contributed by atoms with Gasteiger partial charge in [-0.1, -0.05) is 90.4 Å². The Hall–Kier alpha value is -0.200. The molecular weight excluding hydrogens is 390 g/mol. The van der Waals surface area contributed by atoms with Crippen LogP contribution in [0.25, 0.3) is 0 Å². The Kier molecular flexibility index (Phi) is 22.8. The summed E-state index contributed by atoms with van der Waals surface area (Å²) in [4.78, 5) is 0. The predicted octanol–water partition coefficient (Wildman–Crippen LogP) is 5.58. The molecule has 0 aromatic heterocycles. The maximum absolute atomic E-state index is 9.88. The molecule has 0 aliphatic carbocycles. The molecule has 0 aliphatic heterocycles. The number of rotatable bonds is 25. The van der Waals surface area contributed by atoms with Crippen molar-refractivity contribution in [1.29, 1.82) is 0 Å². The van der Waals surface area contributed by atoms with Gasteiger partial charge in [0.05, 0.1) is 54.2 Å². The van der Waals surface area contributed by atoms with Crippen molar-refractivity contribution in [2.24, 2.45) is 0 Å². The van der Waals surface area contributed by atoms with Gasteiger partial charge in [0.2, 0.25) is 0 Å². The molecule has 0 amide bonds. The number of ether oxygens (including phenoxy) is 3. The van der Waals surface area contributed by atoms with Gasteiger partial charge < -0.3 is 23.8 Å². The van der Waals surface area contributed by atoms with Crippen LogP contribution in [-0.2, 0) is 14.2 Å². The van der Waals surface area contributed by atoms with Crippen LogP contribution in [0.1, 0.15) is 96.8 Å². The summed E-state index contributed by atoms with van der Waals surface area (Å²) >= 11 is 0. The largest absolute Gasteiger partial charge is 0.388 e. The molecule has 188 valence electrons. The molecule has 1 atom stereocenters. The number of quaternary nitrogens is 1. The fraction of sp³-hybridized carbons (Fsp3) is 1.00. The van der Waals surface area contributed by atoms with Gasteiger partial charge in [0.25, 0.3) is 0 Å². The average Bonchev–Trinajstić information content (AvgIpc) is 2.72. The van der Waals surface area contributed by atoms with Gasteiger partial charge in [-0.05, 0) is 6.42 Å². The van der Waals surface area contributed by atoms with E-state index in [-0.39, 0.29) is 0 Å². The van der Waals surface area contributed by atoms with Gasteiger partial charge in [0.1, 0.15) is 12.6 Å². The second-order valence-corrected chi connectivity index (χ2v) is 10.0. The van der Waals surface area contributed by atoms with Gasteiger partial charge in [0.15, 0.2) is 0 Å². The summed E-state index contributed by atoms with van der Waals surface area (Å²) in [5, 5.41) is 9.88. The molecule has 1 N–H and O–H groups in total. The summed E-state index contributed by atoms with van der Waals surface area (Å²) in [5.74, 6) is 0. The molecule has 31 heavy (non-hydrogen) atoms. The molecule has 1 unspecified atom stereocenters. The first-order valence-electron chi connectivity index (χ1n) is 13.2. The highest BCUT2D eigenvalue weighted by Gasteiger charge is 2.06. The zero-order chi connectivity index (χ0) is 23.0. The quantitative estimate of drug-likeness (QED) is 0.147. The maximum atomic E-state index is 9.88. The van der Waals surface area contributed by atoms with E-state index in [2.05, 4.69) is 28.1 Å². The van der Waals surface area contributed by atoms with E-state index in [0.717, 1.165) is 30.7 Å². The van der Waals surface area contributed by atoms with E-state index in [1.54, 1.807) is 0 Å². The van der Waals surface area contributed by atoms with Crippen molar-refractivity contribution in [1.82, 2.24) is 0 Å². The minimum Gasteiger partial charge on any atom is -0.388 e. The van der Waals surface area contributed by atoms with Crippen LogP contribution in [0.5, 0.6) is 0 Å². The number of likely N-dealkylation sites (N-methyl/N-ethyl adjacent to an activating group) is 1. The summed E-state index contributed by atoms with van der Waals surface area (Å²) in [7, 11) is 6.44. The zero-order valence-corrected chi connectivity index (χ0v) is 21.5. The van der Waals surface area contributed by atoms with E-state index < -0.39 is 6.10 Å². The lowest BCUT2D eigenvalue weighted by atomic mass is 10.0. The minimum absolute atomic E-state index is 0.317. The van der Waals surface area contributed by atoms with Crippen molar-refractivity contribution < 1.29 is 23.8 Å². The third-order valence-electron chi connectivity index (χ3n) is 5.54. The molecule has 0 fully saturated rings. The molecule has 0 bridgehead atoms. The monoisotopic (exact) mass is 446 g/mol. The van der Waals surface area contributed by atoms with E-state index >= 15 is 0 Å². The highest BCUT2D eigenvalue weighted by atomic mass is 16.5. The summed E-state index contributed by atoms with van der Waals surface area (Å²) in [6.07, 6.45) is 18.5. The molecule has 5 heteroatoms. The van der Waals surface area contributed by atoms with Crippen LogP contribution in [0, 0.1) is 0 Å². The average molecular weight is 447 g/mol. The normalized spacial score (nSPS) is 13.1. The van der Waals surface area contributed by atoms with Gasteiger partial charge in [-0.15, -0.1) is 0 Å². The molecule has 0 aromatic rings. The zero-order valence-electron chi connectivity index (χ0n) is 21.5. The molecule has 0 aromatic carbocycles. The first-order valence-corrected chi connectivity index (χ1v) is 13.2. The molecule has 0 heterocycles. The summed E-state index contributed by atoms with van der Waals surface area (Å²) in [5.41, 5.74) is 0. The Morgan fingerprint density at radius 1 is 0.548 bits per heavy atom. The Morgan fingerprint density at radius 2 is 0.968 bits per heavy atom. The minimum atomic E-state index is -0.544. The fourth-order valence-corrected chi connectivity index (χ4v) is 3.44. The number of aliphatic hydroxyl groups excluding tert-OH is 1. The summed E-state index contributed by atoms with van der Waals surface area (Å²) in [6, 6.07) is 0. The van der Waals surface area contributed by atoms with E-state index in [1.165, 1.54) is 83.5 Å². The summed E-state index contributed by atoms with van der Waals surface area (Å²) < 4.78 is 17.5. The van der Waals surface area contributed by atoms with E-state index in [1.807, 2.05) is 0 Å². The van der Waals surface area contributed by atoms with Crippen LogP contribution in [0.15, 0.2) is 0 Å². The van der Waals surface area contributed by atoms with Crippen molar-refractivity contribution in [2.45, 2.75) is 103 Å². The van der Waals surface area contributed by atoms with Gasteiger partial charge >= 0.3 is 0 Å². The molecule has 0 saturated heterocycles. The molecular formula is C26H56NO4+. The predicted molar refractivity (Wildman–Crippen MR) is 132 cm³/mol. The van der Waals surface area contributed by atoms with Crippen LogP contribution in [0.2, 0.25) is 0 Å². The van der Waals surface area contributed by atoms with Crippen LogP contribution >= 0.6 is 0 Å². The van der Waals surface area contributed by atoms with Crippen molar-refractivity contribution in [3.05, 3.63) is 0 Å². The Balaban J connectivity index is 3.16. The summed E-state index contributed by atoms with van der Waals surface area (Å²) in [6.45, 7) is 6.51. The molecule has 0 aliphatic rings. The third kappa shape index (κ3) is 27.8. The molecule has 5 nitrogen and oxygen atoms in total. The van der Waals surface area contributed by atoms with Gasteiger partial charge in [-0.3, -0.25) is 0 Å². The van der Waals surface area contributed by atoms with E-state index in [4.69, 9.17) is 14.2 Å². The van der Waals surface area contributed by atoms with Gasteiger partial charge in [-0.2, -0.15) is 0 Å². The number of nitrogens with zero attached hydrogens (tertiary/aromatic N) is 1. The number of hydrogen-bond donors (Lipinski definition) is 1. The molecule has 0 radical (unpaired) electrons. The van der Waals surface area contributed by atoms with Crippen molar-refractivity contribution in [2.75, 3.05) is 67.3 Å². The van der Waals surface area contributed by atoms with Crippen LogP contribution in [0.4, 0.5) is 0 Å². The molecule has 0 saturated carbocycles. The topological polar surface area (TPSA) is 47.9 Å².